The van der Waals surface area contributed by atoms with Crippen molar-refractivity contribution in [1.29, 1.82) is 0 Å². The summed E-state index contributed by atoms with van der Waals surface area (Å²) in [6, 6.07) is 1.11. The van der Waals surface area contributed by atoms with Crippen molar-refractivity contribution in [2.75, 3.05) is 25.2 Å². The molecule has 0 aromatic heterocycles. The van der Waals surface area contributed by atoms with E-state index in [-0.39, 0.29) is 24.0 Å². The van der Waals surface area contributed by atoms with Crippen LogP contribution in [0.1, 0.15) is 51.9 Å². The van der Waals surface area contributed by atoms with Gasteiger partial charge in [-0.15, -0.1) is 24.0 Å². The quantitative estimate of drug-likeness (QED) is 0.389. The second-order valence-electron chi connectivity index (χ2n) is 6.95. The Balaban J connectivity index is 0.00000192. The van der Waals surface area contributed by atoms with Gasteiger partial charge >= 0.3 is 0 Å². The van der Waals surface area contributed by atoms with Crippen LogP contribution in [0.15, 0.2) is 4.99 Å². The van der Waals surface area contributed by atoms with Gasteiger partial charge in [-0.05, 0) is 44.8 Å². The van der Waals surface area contributed by atoms with Crippen LogP contribution in [0.4, 0.5) is 0 Å². The number of hydrogen-bond donors (Lipinski definition) is 2. The van der Waals surface area contributed by atoms with Gasteiger partial charge in [0.25, 0.3) is 0 Å². The number of hydrogen-bond acceptors (Lipinski definition) is 3. The van der Waals surface area contributed by atoms with E-state index in [9.17, 15) is 0 Å². The summed E-state index contributed by atoms with van der Waals surface area (Å²) in [6.07, 6.45) is 9.51. The molecule has 2 N–H and O–H groups in total. The van der Waals surface area contributed by atoms with Crippen molar-refractivity contribution in [2.24, 2.45) is 10.4 Å². The number of ether oxygens (including phenoxy) is 1. The maximum atomic E-state index is 6.01. The maximum Gasteiger partial charge on any atom is 0.191 e. The summed E-state index contributed by atoms with van der Waals surface area (Å²) in [5.41, 5.74) is 0.370. The summed E-state index contributed by atoms with van der Waals surface area (Å²) in [6.45, 7) is 2.95. The van der Waals surface area contributed by atoms with Crippen molar-refractivity contribution < 1.29 is 4.74 Å². The molecule has 1 aliphatic heterocycles. The first-order valence-corrected chi connectivity index (χ1v) is 10.1. The molecule has 3 aliphatic rings. The van der Waals surface area contributed by atoms with Crippen LogP contribution >= 0.6 is 35.7 Å². The predicted molar refractivity (Wildman–Crippen MR) is 110 cm³/mol. The Labute approximate surface area is 162 Å². The highest BCUT2D eigenvalue weighted by atomic mass is 127. The molecule has 1 heterocycles. The van der Waals surface area contributed by atoms with E-state index in [1.165, 1.54) is 50.0 Å². The van der Waals surface area contributed by atoms with Crippen LogP contribution in [-0.4, -0.2) is 49.3 Å². The second kappa shape index (κ2) is 9.13. The Kier molecular flexibility index (Phi) is 7.79. The van der Waals surface area contributed by atoms with Crippen molar-refractivity contribution >= 4 is 41.7 Å². The molecule has 3 atom stereocenters. The lowest BCUT2D eigenvalue weighted by Gasteiger charge is -2.54. The van der Waals surface area contributed by atoms with E-state index < -0.39 is 0 Å². The lowest BCUT2D eigenvalue weighted by molar-refractivity contribution is -0.125. The largest absolute Gasteiger partial charge is 0.378 e. The van der Waals surface area contributed by atoms with Gasteiger partial charge in [-0.3, -0.25) is 4.99 Å². The van der Waals surface area contributed by atoms with Gasteiger partial charge in [0.2, 0.25) is 0 Å². The summed E-state index contributed by atoms with van der Waals surface area (Å²) in [5.74, 6) is 3.52. The van der Waals surface area contributed by atoms with Gasteiger partial charge in [-0.25, -0.2) is 0 Å². The van der Waals surface area contributed by atoms with E-state index in [0.29, 0.717) is 23.6 Å². The first-order chi connectivity index (χ1) is 10.8. The minimum absolute atomic E-state index is 0. The molecule has 2 aliphatic carbocycles. The molecule has 0 amide bonds. The second-order valence-corrected chi connectivity index (χ2v) is 8.10. The van der Waals surface area contributed by atoms with Crippen molar-refractivity contribution in [2.45, 2.75) is 70.1 Å². The van der Waals surface area contributed by atoms with Gasteiger partial charge in [-0.1, -0.05) is 12.8 Å². The smallest absolute Gasteiger partial charge is 0.191 e. The number of aliphatic imine (C=N–C) groups is 1. The van der Waals surface area contributed by atoms with Gasteiger partial charge < -0.3 is 15.4 Å². The molecule has 3 fully saturated rings. The monoisotopic (exact) mass is 453 g/mol. The van der Waals surface area contributed by atoms with E-state index in [0.717, 1.165) is 19.0 Å². The molecule has 1 saturated heterocycles. The molecule has 0 aromatic rings. The third-order valence-electron chi connectivity index (χ3n) is 5.72. The third kappa shape index (κ3) is 4.29. The Hall–Kier alpha value is 0.310. The normalized spacial score (nSPS) is 33.0. The number of nitrogens with one attached hydrogen (secondary N) is 2. The van der Waals surface area contributed by atoms with Crippen LogP contribution < -0.4 is 10.6 Å². The van der Waals surface area contributed by atoms with Gasteiger partial charge in [0.05, 0.1) is 6.10 Å². The van der Waals surface area contributed by atoms with Gasteiger partial charge in [-0.2, -0.15) is 11.8 Å². The summed E-state index contributed by atoms with van der Waals surface area (Å²) < 4.78 is 6.01. The van der Waals surface area contributed by atoms with Gasteiger partial charge in [0.15, 0.2) is 5.96 Å². The number of guanidine groups is 1. The number of thioether (sulfide) groups is 1. The fourth-order valence-electron chi connectivity index (χ4n) is 4.47. The lowest BCUT2D eigenvalue weighted by atomic mass is 9.60. The first kappa shape index (κ1) is 19.6. The first-order valence-electron chi connectivity index (χ1n) is 8.97. The highest BCUT2D eigenvalue weighted by Crippen LogP contribution is 2.54. The van der Waals surface area contributed by atoms with Crippen LogP contribution in [0, 0.1) is 5.41 Å². The van der Waals surface area contributed by atoms with Crippen LogP contribution in [0.5, 0.6) is 0 Å². The molecule has 0 aromatic carbocycles. The zero-order valence-electron chi connectivity index (χ0n) is 14.5. The zero-order chi connectivity index (χ0) is 15.4. The van der Waals surface area contributed by atoms with Crippen LogP contribution in [0.3, 0.4) is 0 Å². The fourth-order valence-corrected chi connectivity index (χ4v) is 5.54. The van der Waals surface area contributed by atoms with Gasteiger partial charge in [0, 0.05) is 36.9 Å². The molecule has 4 nitrogen and oxygen atoms in total. The highest BCUT2D eigenvalue weighted by Gasteiger charge is 2.57. The molecule has 3 rings (SSSR count). The van der Waals surface area contributed by atoms with Crippen molar-refractivity contribution in [3.05, 3.63) is 0 Å². The highest BCUT2D eigenvalue weighted by molar-refractivity contribution is 14.0. The molecule has 0 bridgehead atoms. The summed E-state index contributed by atoms with van der Waals surface area (Å²) >= 11 is 2.05. The van der Waals surface area contributed by atoms with Crippen molar-refractivity contribution in [3.63, 3.8) is 0 Å². The average Bonchev–Trinajstić information content (AvgIpc) is 3.06. The van der Waals surface area contributed by atoms with E-state index >= 15 is 0 Å². The third-order valence-corrected chi connectivity index (χ3v) is 6.94. The average molecular weight is 453 g/mol. The molecule has 3 unspecified atom stereocenters. The summed E-state index contributed by atoms with van der Waals surface area (Å²) in [4.78, 5) is 4.47. The molecule has 2 saturated carbocycles. The topological polar surface area (TPSA) is 45.6 Å². The fraction of sp³-hybridized carbons (Fsp3) is 0.941. The molecular formula is C17H32IN3OS. The number of rotatable bonds is 4. The Morgan fingerprint density at radius 2 is 2.04 bits per heavy atom. The van der Waals surface area contributed by atoms with Crippen LogP contribution in [0.2, 0.25) is 0 Å². The molecule has 1 spiro atoms. The molecule has 23 heavy (non-hydrogen) atoms. The minimum atomic E-state index is 0. The Morgan fingerprint density at radius 1 is 1.26 bits per heavy atom. The maximum absolute atomic E-state index is 6.01. The summed E-state index contributed by atoms with van der Waals surface area (Å²) in [5, 5.41) is 7.36. The SMILES string of the molecule is CCOC1CC(NC(=NC)NC2CCCSC2)C12CCCC2.I. The lowest BCUT2D eigenvalue weighted by Crippen LogP contribution is -2.65. The standard InChI is InChI=1S/C17H31N3OS.HI/c1-3-21-15-11-14(17(15)8-4-5-9-17)20-16(18-2)19-13-7-6-10-22-12-13;/h13-15H,3-12H2,1-2H3,(H2,18,19,20);1H. The van der Waals surface area contributed by atoms with Crippen molar-refractivity contribution in [3.8, 4) is 0 Å². The Morgan fingerprint density at radius 3 is 2.65 bits per heavy atom. The predicted octanol–water partition coefficient (Wildman–Crippen LogP) is 3.40. The van der Waals surface area contributed by atoms with E-state index in [2.05, 4.69) is 34.3 Å². The minimum Gasteiger partial charge on any atom is -0.378 e. The number of nitrogens with zero attached hydrogens (tertiary/aromatic N) is 1. The van der Waals surface area contributed by atoms with Crippen molar-refractivity contribution in [1.82, 2.24) is 10.6 Å². The van der Waals surface area contributed by atoms with E-state index in [4.69, 9.17) is 4.74 Å². The van der Waals surface area contributed by atoms with E-state index in [1.807, 2.05) is 7.05 Å². The number of halogens is 1. The molecule has 134 valence electrons. The molecule has 0 radical (unpaired) electrons. The van der Waals surface area contributed by atoms with Crippen LogP contribution in [-0.2, 0) is 4.74 Å². The molecule has 6 heteroatoms. The van der Waals surface area contributed by atoms with Gasteiger partial charge in [0.1, 0.15) is 0 Å². The Bertz CT molecular complexity index is 395. The summed E-state index contributed by atoms with van der Waals surface area (Å²) in [7, 11) is 1.89. The van der Waals surface area contributed by atoms with Crippen LogP contribution in [0.25, 0.3) is 0 Å². The molecular weight excluding hydrogens is 421 g/mol. The van der Waals surface area contributed by atoms with E-state index in [1.54, 1.807) is 0 Å². The zero-order valence-corrected chi connectivity index (χ0v) is 17.6.